The molecule has 0 unspecified atom stereocenters. The quantitative estimate of drug-likeness (QED) is 0.816. The summed E-state index contributed by atoms with van der Waals surface area (Å²) in [4.78, 5) is 22.8. The van der Waals surface area contributed by atoms with Crippen LogP contribution in [0.2, 0.25) is 5.28 Å². The third kappa shape index (κ3) is 4.08. The second kappa shape index (κ2) is 6.72. The van der Waals surface area contributed by atoms with E-state index >= 15 is 0 Å². The van der Waals surface area contributed by atoms with Crippen molar-refractivity contribution in [2.75, 3.05) is 18.0 Å². The van der Waals surface area contributed by atoms with Gasteiger partial charge < -0.3 is 15.0 Å². The Labute approximate surface area is 150 Å². The van der Waals surface area contributed by atoms with Gasteiger partial charge in [-0.05, 0) is 56.7 Å². The van der Waals surface area contributed by atoms with Gasteiger partial charge >= 0.3 is 6.09 Å². The lowest BCUT2D eigenvalue weighted by atomic mass is 10.1. The topological polar surface area (TPSA) is 67.3 Å². The summed E-state index contributed by atoms with van der Waals surface area (Å²) in [6, 6.07) is 1.97. The SMILES string of the molecule is CC(C)(C)OC(=O)N[C@H]1CCCN(c2nc(Cl)nc3ccsc23)C1. The van der Waals surface area contributed by atoms with Crippen molar-refractivity contribution in [3.63, 3.8) is 0 Å². The van der Waals surface area contributed by atoms with Gasteiger partial charge in [0, 0.05) is 19.1 Å². The molecule has 8 heteroatoms. The van der Waals surface area contributed by atoms with Crippen molar-refractivity contribution >= 4 is 45.1 Å². The van der Waals surface area contributed by atoms with Crippen molar-refractivity contribution in [3.05, 3.63) is 16.7 Å². The van der Waals surface area contributed by atoms with Crippen molar-refractivity contribution in [1.29, 1.82) is 0 Å². The molecule has 2 aromatic heterocycles. The first-order valence-corrected chi connectivity index (χ1v) is 9.23. The maximum Gasteiger partial charge on any atom is 0.407 e. The predicted octanol–water partition coefficient (Wildman–Crippen LogP) is 3.84. The van der Waals surface area contributed by atoms with Crippen LogP contribution in [0.1, 0.15) is 33.6 Å². The number of hydrogen-bond donors (Lipinski definition) is 1. The van der Waals surface area contributed by atoms with Crippen LogP contribution in [0.3, 0.4) is 0 Å². The van der Waals surface area contributed by atoms with E-state index < -0.39 is 5.60 Å². The van der Waals surface area contributed by atoms with E-state index in [1.807, 2.05) is 32.2 Å². The fourth-order valence-corrected chi connectivity index (χ4v) is 3.82. The van der Waals surface area contributed by atoms with Gasteiger partial charge in [-0.2, -0.15) is 4.98 Å². The molecule has 0 aromatic carbocycles. The van der Waals surface area contributed by atoms with Gasteiger partial charge in [0.25, 0.3) is 0 Å². The Kier molecular flexibility index (Phi) is 4.83. The van der Waals surface area contributed by atoms with E-state index in [0.717, 1.165) is 35.4 Å². The molecule has 1 amide bonds. The molecule has 24 heavy (non-hydrogen) atoms. The second-order valence-corrected chi connectivity index (χ2v) is 8.14. The third-order valence-corrected chi connectivity index (χ3v) is 4.77. The van der Waals surface area contributed by atoms with E-state index in [1.165, 1.54) is 0 Å². The number of rotatable bonds is 2. The highest BCUT2D eigenvalue weighted by atomic mass is 35.5. The Balaban J connectivity index is 1.73. The van der Waals surface area contributed by atoms with Crippen molar-refractivity contribution in [2.24, 2.45) is 0 Å². The van der Waals surface area contributed by atoms with Crippen molar-refractivity contribution < 1.29 is 9.53 Å². The number of amides is 1. The summed E-state index contributed by atoms with van der Waals surface area (Å²) in [6.07, 6.45) is 1.51. The summed E-state index contributed by atoms with van der Waals surface area (Å²) in [7, 11) is 0. The molecule has 6 nitrogen and oxygen atoms in total. The number of ether oxygens (including phenoxy) is 1. The van der Waals surface area contributed by atoms with Crippen LogP contribution in [0, 0.1) is 0 Å². The number of hydrogen-bond acceptors (Lipinski definition) is 6. The molecule has 130 valence electrons. The van der Waals surface area contributed by atoms with Crippen LogP contribution in [0.5, 0.6) is 0 Å². The number of alkyl carbamates (subject to hydrolysis) is 1. The zero-order valence-corrected chi connectivity index (χ0v) is 15.6. The van der Waals surface area contributed by atoms with E-state index in [9.17, 15) is 4.79 Å². The molecule has 3 rings (SSSR count). The number of carbonyl (C=O) groups is 1. The molecule has 0 aliphatic carbocycles. The summed E-state index contributed by atoms with van der Waals surface area (Å²) >= 11 is 7.66. The standard InChI is InChI=1S/C16H21ClN4O2S/c1-16(2,3)23-15(22)18-10-5-4-7-21(9-10)13-12-11(6-8-24-12)19-14(17)20-13/h6,8,10H,4-5,7,9H2,1-3H3,(H,18,22)/t10-/m0/s1. The van der Waals surface area contributed by atoms with Crippen molar-refractivity contribution in [1.82, 2.24) is 15.3 Å². The molecule has 0 spiro atoms. The number of piperidine rings is 1. The molecular weight excluding hydrogens is 348 g/mol. The maximum absolute atomic E-state index is 12.0. The van der Waals surface area contributed by atoms with Crippen molar-refractivity contribution in [2.45, 2.75) is 45.3 Å². The van der Waals surface area contributed by atoms with Gasteiger partial charge in [0.1, 0.15) is 5.60 Å². The first-order valence-electron chi connectivity index (χ1n) is 7.97. The first kappa shape index (κ1) is 17.2. The van der Waals surface area contributed by atoms with E-state index in [0.29, 0.717) is 6.54 Å². The molecular formula is C16H21ClN4O2S. The lowest BCUT2D eigenvalue weighted by Crippen LogP contribution is -2.49. The summed E-state index contributed by atoms with van der Waals surface area (Å²) < 4.78 is 6.37. The molecule has 1 aliphatic rings. The molecule has 1 atom stereocenters. The van der Waals surface area contributed by atoms with Crippen LogP contribution < -0.4 is 10.2 Å². The van der Waals surface area contributed by atoms with Gasteiger partial charge in [-0.3, -0.25) is 0 Å². The molecule has 1 N–H and O–H groups in total. The average Bonchev–Trinajstić information content (AvgIpc) is 2.92. The van der Waals surface area contributed by atoms with Crippen LogP contribution >= 0.6 is 22.9 Å². The lowest BCUT2D eigenvalue weighted by Gasteiger charge is -2.34. The van der Waals surface area contributed by atoms with E-state index in [1.54, 1.807) is 11.3 Å². The molecule has 0 saturated carbocycles. The Hall–Kier alpha value is -1.60. The number of nitrogens with one attached hydrogen (secondary N) is 1. The zero-order chi connectivity index (χ0) is 17.3. The van der Waals surface area contributed by atoms with Crippen LogP contribution in [0.15, 0.2) is 11.4 Å². The van der Waals surface area contributed by atoms with Crippen LogP contribution in [0.25, 0.3) is 10.2 Å². The monoisotopic (exact) mass is 368 g/mol. The normalized spacial score (nSPS) is 18.7. The van der Waals surface area contributed by atoms with Crippen LogP contribution in [-0.4, -0.2) is 40.8 Å². The minimum atomic E-state index is -0.498. The second-order valence-electron chi connectivity index (χ2n) is 6.88. The number of anilines is 1. The first-order chi connectivity index (χ1) is 11.3. The average molecular weight is 369 g/mol. The van der Waals surface area contributed by atoms with Crippen LogP contribution in [-0.2, 0) is 4.74 Å². The molecule has 2 aromatic rings. The number of aromatic nitrogens is 2. The number of thiophene rings is 1. The highest BCUT2D eigenvalue weighted by molar-refractivity contribution is 7.17. The Bertz CT molecular complexity index is 743. The lowest BCUT2D eigenvalue weighted by molar-refractivity contribution is 0.0500. The summed E-state index contributed by atoms with van der Waals surface area (Å²) in [5.41, 5.74) is 0.360. The molecule has 1 fully saturated rings. The highest BCUT2D eigenvalue weighted by Gasteiger charge is 2.26. The summed E-state index contributed by atoms with van der Waals surface area (Å²) in [5, 5.41) is 5.19. The fraction of sp³-hybridized carbons (Fsp3) is 0.562. The third-order valence-electron chi connectivity index (χ3n) is 3.70. The number of fused-ring (bicyclic) bond motifs is 1. The number of carbonyl (C=O) groups excluding carboxylic acids is 1. The van der Waals surface area contributed by atoms with E-state index in [4.69, 9.17) is 16.3 Å². The van der Waals surface area contributed by atoms with Gasteiger partial charge in [-0.1, -0.05) is 0 Å². The Morgan fingerprint density at radius 2 is 2.25 bits per heavy atom. The number of nitrogens with zero attached hydrogens (tertiary/aromatic N) is 3. The molecule has 3 heterocycles. The predicted molar refractivity (Wildman–Crippen MR) is 97.0 cm³/mol. The number of halogens is 1. The molecule has 0 bridgehead atoms. The fourth-order valence-electron chi connectivity index (χ4n) is 2.80. The zero-order valence-electron chi connectivity index (χ0n) is 14.0. The smallest absolute Gasteiger partial charge is 0.407 e. The Morgan fingerprint density at radius 3 is 3.00 bits per heavy atom. The maximum atomic E-state index is 12.0. The van der Waals surface area contributed by atoms with E-state index in [-0.39, 0.29) is 17.4 Å². The highest BCUT2D eigenvalue weighted by Crippen LogP contribution is 2.31. The summed E-state index contributed by atoms with van der Waals surface area (Å²) in [6.45, 7) is 7.13. The van der Waals surface area contributed by atoms with Crippen molar-refractivity contribution in [3.8, 4) is 0 Å². The summed E-state index contributed by atoms with van der Waals surface area (Å²) in [5.74, 6) is 0.843. The minimum absolute atomic E-state index is 0.0253. The van der Waals surface area contributed by atoms with Gasteiger partial charge in [0.2, 0.25) is 5.28 Å². The van der Waals surface area contributed by atoms with Gasteiger partial charge in [0.05, 0.1) is 10.2 Å². The Morgan fingerprint density at radius 1 is 1.46 bits per heavy atom. The van der Waals surface area contributed by atoms with Gasteiger partial charge in [0.15, 0.2) is 5.82 Å². The molecule has 0 radical (unpaired) electrons. The van der Waals surface area contributed by atoms with Gasteiger partial charge in [-0.15, -0.1) is 11.3 Å². The van der Waals surface area contributed by atoms with Crippen LogP contribution in [0.4, 0.5) is 10.6 Å². The molecule has 1 saturated heterocycles. The van der Waals surface area contributed by atoms with E-state index in [2.05, 4.69) is 20.2 Å². The minimum Gasteiger partial charge on any atom is -0.444 e. The molecule has 1 aliphatic heterocycles. The van der Waals surface area contributed by atoms with Gasteiger partial charge in [-0.25, -0.2) is 9.78 Å². The largest absolute Gasteiger partial charge is 0.444 e.